The van der Waals surface area contributed by atoms with Crippen LogP contribution in [0.15, 0.2) is 52.3 Å². The maximum Gasteiger partial charge on any atom is 0.387 e. The van der Waals surface area contributed by atoms with E-state index >= 15 is 0 Å². The average Bonchev–Trinajstić information content (AvgIpc) is 3.31. The molecule has 1 aliphatic heterocycles. The van der Waals surface area contributed by atoms with Gasteiger partial charge < -0.3 is 19.5 Å². The highest BCUT2D eigenvalue weighted by atomic mass is 19.3. The zero-order valence-corrected chi connectivity index (χ0v) is 19.6. The van der Waals surface area contributed by atoms with Crippen molar-refractivity contribution in [3.8, 4) is 23.0 Å². The number of methoxy groups -OCH3 is 1. The van der Waals surface area contributed by atoms with Gasteiger partial charge in [-0.05, 0) is 18.6 Å². The molecule has 0 spiro atoms. The number of halogens is 4. The number of aliphatic hydroxyl groups excluding tert-OH is 1. The summed E-state index contributed by atoms with van der Waals surface area (Å²) < 4.78 is 64.8. The lowest BCUT2D eigenvalue weighted by Gasteiger charge is -2.21. The lowest BCUT2D eigenvalue weighted by Crippen LogP contribution is -2.39. The number of pyridine rings is 2. The van der Waals surface area contributed by atoms with Crippen molar-refractivity contribution in [3.63, 3.8) is 0 Å². The van der Waals surface area contributed by atoms with E-state index in [-0.39, 0.29) is 40.5 Å². The van der Waals surface area contributed by atoms with Crippen molar-refractivity contribution < 1.29 is 32.1 Å². The molecule has 1 N–H and O–H groups in total. The summed E-state index contributed by atoms with van der Waals surface area (Å²) in [5, 5.41) is 9.76. The number of aliphatic hydroxyl groups is 1. The van der Waals surface area contributed by atoms with Crippen molar-refractivity contribution in [1.29, 1.82) is 0 Å². The number of rotatable bonds is 6. The molecule has 0 aliphatic carbocycles. The van der Waals surface area contributed by atoms with Crippen LogP contribution in [0, 0.1) is 11.6 Å². The lowest BCUT2D eigenvalue weighted by atomic mass is 10.2. The van der Waals surface area contributed by atoms with Crippen LogP contribution < -0.4 is 25.6 Å². The van der Waals surface area contributed by atoms with E-state index in [0.29, 0.717) is 17.5 Å². The van der Waals surface area contributed by atoms with Gasteiger partial charge in [0.25, 0.3) is 5.56 Å². The Bertz CT molecular complexity index is 1660. The SMILES string of the molecule is COc1nc(N2CC[C@@H](O)C2)cc2c1c(=O)n(-c1cncc(OC(F)F)c1)c(=O)n2-c1ccc(F)c(F)c1. The zero-order valence-electron chi connectivity index (χ0n) is 19.6. The topological polar surface area (TPSA) is 112 Å². The van der Waals surface area contributed by atoms with Crippen LogP contribution in [0.4, 0.5) is 23.4 Å². The normalized spacial score (nSPS) is 15.4. The second kappa shape index (κ2) is 9.78. The Labute approximate surface area is 210 Å². The van der Waals surface area contributed by atoms with Crippen LogP contribution in [0.25, 0.3) is 22.3 Å². The molecule has 38 heavy (non-hydrogen) atoms. The molecule has 1 saturated heterocycles. The van der Waals surface area contributed by atoms with Gasteiger partial charge in [0.2, 0.25) is 5.88 Å². The van der Waals surface area contributed by atoms with Crippen molar-refractivity contribution in [2.24, 2.45) is 0 Å². The zero-order chi connectivity index (χ0) is 27.1. The molecular formula is C24H19F4N5O5. The van der Waals surface area contributed by atoms with Gasteiger partial charge in [-0.3, -0.25) is 14.3 Å². The molecule has 1 atom stereocenters. The first-order valence-corrected chi connectivity index (χ1v) is 11.2. The van der Waals surface area contributed by atoms with Gasteiger partial charge in [-0.1, -0.05) is 0 Å². The number of aromatic nitrogens is 4. The Morgan fingerprint density at radius 1 is 1.05 bits per heavy atom. The molecule has 0 unspecified atom stereocenters. The molecule has 10 nitrogen and oxygen atoms in total. The number of hydrogen-bond acceptors (Lipinski definition) is 8. The highest BCUT2D eigenvalue weighted by molar-refractivity contribution is 5.87. The molecule has 14 heteroatoms. The molecule has 0 saturated carbocycles. The highest BCUT2D eigenvalue weighted by Crippen LogP contribution is 2.29. The molecule has 5 rings (SSSR count). The Hall–Kier alpha value is -4.46. The van der Waals surface area contributed by atoms with Gasteiger partial charge in [0.05, 0.1) is 42.5 Å². The first kappa shape index (κ1) is 25.2. The van der Waals surface area contributed by atoms with E-state index in [1.807, 2.05) is 0 Å². The van der Waals surface area contributed by atoms with Crippen LogP contribution in [-0.4, -0.2) is 57.1 Å². The van der Waals surface area contributed by atoms with E-state index in [1.165, 1.54) is 13.2 Å². The average molecular weight is 533 g/mol. The van der Waals surface area contributed by atoms with E-state index < -0.39 is 41.3 Å². The van der Waals surface area contributed by atoms with Crippen LogP contribution in [0.5, 0.6) is 11.6 Å². The number of alkyl halides is 2. The summed E-state index contributed by atoms with van der Waals surface area (Å²) in [6.45, 7) is -2.53. The molecule has 0 amide bonds. The van der Waals surface area contributed by atoms with Gasteiger partial charge in [0.1, 0.15) is 17.0 Å². The van der Waals surface area contributed by atoms with Crippen LogP contribution in [0.2, 0.25) is 0 Å². The molecule has 4 heterocycles. The number of benzene rings is 1. The second-order valence-corrected chi connectivity index (χ2v) is 8.39. The van der Waals surface area contributed by atoms with Crippen LogP contribution in [0.3, 0.4) is 0 Å². The minimum Gasteiger partial charge on any atom is -0.480 e. The maximum absolute atomic E-state index is 14.3. The largest absolute Gasteiger partial charge is 0.480 e. The van der Waals surface area contributed by atoms with Crippen molar-refractivity contribution in [2.45, 2.75) is 19.1 Å². The van der Waals surface area contributed by atoms with Crippen LogP contribution >= 0.6 is 0 Å². The first-order valence-electron chi connectivity index (χ1n) is 11.2. The lowest BCUT2D eigenvalue weighted by molar-refractivity contribution is -0.0500. The van der Waals surface area contributed by atoms with Crippen molar-refractivity contribution in [2.75, 3.05) is 25.1 Å². The fourth-order valence-electron chi connectivity index (χ4n) is 4.33. The molecule has 4 aromatic rings. The van der Waals surface area contributed by atoms with Gasteiger partial charge in [0, 0.05) is 31.3 Å². The molecule has 198 valence electrons. The van der Waals surface area contributed by atoms with E-state index in [9.17, 15) is 32.3 Å². The van der Waals surface area contributed by atoms with Crippen LogP contribution in [0.1, 0.15) is 6.42 Å². The van der Waals surface area contributed by atoms with E-state index in [0.717, 1.165) is 41.2 Å². The molecule has 1 fully saturated rings. The van der Waals surface area contributed by atoms with Gasteiger partial charge in [-0.15, -0.1) is 0 Å². The summed E-state index contributed by atoms with van der Waals surface area (Å²) in [6, 6.07) is 5.12. The summed E-state index contributed by atoms with van der Waals surface area (Å²) in [5.74, 6) is -2.75. The summed E-state index contributed by atoms with van der Waals surface area (Å²) in [4.78, 5) is 37.3. The highest BCUT2D eigenvalue weighted by Gasteiger charge is 2.26. The van der Waals surface area contributed by atoms with Crippen molar-refractivity contribution in [1.82, 2.24) is 19.1 Å². The molecular weight excluding hydrogens is 514 g/mol. The minimum atomic E-state index is -3.19. The summed E-state index contributed by atoms with van der Waals surface area (Å²) >= 11 is 0. The smallest absolute Gasteiger partial charge is 0.387 e. The van der Waals surface area contributed by atoms with Crippen molar-refractivity contribution in [3.05, 3.63) is 75.2 Å². The number of hydrogen-bond donors (Lipinski definition) is 1. The summed E-state index contributed by atoms with van der Waals surface area (Å²) in [7, 11) is 1.25. The standard InChI is InChI=1S/C24H19F4N5O5/c1-37-21-20-18(8-19(30-21)31-5-4-14(34)11-31)32(12-2-3-16(25)17(26)7-12)24(36)33(22(20)35)13-6-15(10-29-9-13)38-23(27)28/h2-3,6-10,14,23,34H,4-5,11H2,1H3/t14-/m1/s1. The summed E-state index contributed by atoms with van der Waals surface area (Å²) in [6.07, 6.45) is 1.88. The Morgan fingerprint density at radius 2 is 1.84 bits per heavy atom. The molecule has 0 bridgehead atoms. The Kier molecular flexibility index (Phi) is 6.48. The van der Waals surface area contributed by atoms with Gasteiger partial charge >= 0.3 is 12.3 Å². The van der Waals surface area contributed by atoms with Gasteiger partial charge in [0.15, 0.2) is 11.6 Å². The number of anilines is 1. The minimum absolute atomic E-state index is 0.0431. The quantitative estimate of drug-likeness (QED) is 0.376. The number of fused-ring (bicyclic) bond motifs is 1. The Balaban J connectivity index is 1.87. The fraction of sp³-hybridized carbons (Fsp3) is 0.250. The first-order chi connectivity index (χ1) is 18.2. The third kappa shape index (κ3) is 4.42. The predicted octanol–water partition coefficient (Wildman–Crippen LogP) is 2.39. The molecule has 1 aromatic carbocycles. The van der Waals surface area contributed by atoms with E-state index in [2.05, 4.69) is 14.7 Å². The molecule has 0 radical (unpaired) electrons. The predicted molar refractivity (Wildman–Crippen MR) is 127 cm³/mol. The summed E-state index contributed by atoms with van der Waals surface area (Å²) in [5.41, 5.74) is -2.38. The third-order valence-electron chi connectivity index (χ3n) is 6.02. The van der Waals surface area contributed by atoms with E-state index in [1.54, 1.807) is 4.90 Å². The second-order valence-electron chi connectivity index (χ2n) is 8.39. The fourth-order valence-corrected chi connectivity index (χ4v) is 4.33. The maximum atomic E-state index is 14.3. The Morgan fingerprint density at radius 3 is 2.50 bits per heavy atom. The van der Waals surface area contributed by atoms with Gasteiger partial charge in [-0.25, -0.2) is 18.1 Å². The number of nitrogens with zero attached hydrogens (tertiary/aromatic N) is 5. The number of ether oxygens (including phenoxy) is 2. The monoisotopic (exact) mass is 533 g/mol. The molecule has 3 aromatic heterocycles. The molecule has 1 aliphatic rings. The number of β-amino-alcohol motifs (C(OH)–C–C–N with tert-alkyl or cyclic N) is 1. The third-order valence-corrected chi connectivity index (χ3v) is 6.02. The van der Waals surface area contributed by atoms with Crippen molar-refractivity contribution >= 4 is 16.7 Å². The van der Waals surface area contributed by atoms with Gasteiger partial charge in [-0.2, -0.15) is 13.8 Å². The van der Waals surface area contributed by atoms with E-state index in [4.69, 9.17) is 4.74 Å². The van der Waals surface area contributed by atoms with Crippen LogP contribution in [-0.2, 0) is 0 Å².